The SMILES string of the molecule is CNC(CN(C)Cc1ccccc1)c1ccccc1. The molecule has 2 aromatic rings. The molecule has 0 amide bonds. The minimum atomic E-state index is 0.370. The highest BCUT2D eigenvalue weighted by Crippen LogP contribution is 2.14. The van der Waals surface area contributed by atoms with Gasteiger partial charge in [0, 0.05) is 19.1 Å². The number of nitrogens with zero attached hydrogens (tertiary/aromatic N) is 1. The van der Waals surface area contributed by atoms with Gasteiger partial charge in [0.25, 0.3) is 0 Å². The molecule has 0 aliphatic carbocycles. The molecule has 2 aromatic carbocycles. The summed E-state index contributed by atoms with van der Waals surface area (Å²) in [5, 5.41) is 3.39. The normalized spacial score (nSPS) is 12.6. The maximum absolute atomic E-state index is 3.39. The fourth-order valence-corrected chi connectivity index (χ4v) is 2.32. The number of hydrogen-bond donors (Lipinski definition) is 1. The van der Waals surface area contributed by atoms with Gasteiger partial charge < -0.3 is 10.2 Å². The van der Waals surface area contributed by atoms with Crippen molar-refractivity contribution in [2.75, 3.05) is 20.6 Å². The second kappa shape index (κ2) is 7.07. The van der Waals surface area contributed by atoms with Crippen LogP contribution in [0.5, 0.6) is 0 Å². The number of hydrogen-bond acceptors (Lipinski definition) is 2. The lowest BCUT2D eigenvalue weighted by atomic mass is 10.1. The van der Waals surface area contributed by atoms with Crippen LogP contribution in [-0.2, 0) is 6.54 Å². The minimum absolute atomic E-state index is 0.370. The molecule has 2 heteroatoms. The third kappa shape index (κ3) is 4.19. The van der Waals surface area contributed by atoms with Gasteiger partial charge >= 0.3 is 0 Å². The Bertz CT molecular complexity index is 467. The molecule has 0 aliphatic heterocycles. The third-order valence-electron chi connectivity index (χ3n) is 3.34. The van der Waals surface area contributed by atoms with Crippen molar-refractivity contribution in [3.8, 4) is 0 Å². The maximum atomic E-state index is 3.39. The van der Waals surface area contributed by atoms with Crippen LogP contribution in [0.1, 0.15) is 17.2 Å². The van der Waals surface area contributed by atoms with Crippen LogP contribution in [0.3, 0.4) is 0 Å². The summed E-state index contributed by atoms with van der Waals surface area (Å²) in [5.41, 5.74) is 2.69. The van der Waals surface area contributed by atoms with Crippen LogP contribution in [0.2, 0.25) is 0 Å². The van der Waals surface area contributed by atoms with Crippen molar-refractivity contribution in [1.82, 2.24) is 10.2 Å². The Morgan fingerprint density at radius 1 is 0.947 bits per heavy atom. The van der Waals surface area contributed by atoms with Gasteiger partial charge in [0.05, 0.1) is 0 Å². The van der Waals surface area contributed by atoms with Gasteiger partial charge in [0.2, 0.25) is 0 Å². The average molecular weight is 254 g/mol. The summed E-state index contributed by atoms with van der Waals surface area (Å²) in [6.07, 6.45) is 0. The summed E-state index contributed by atoms with van der Waals surface area (Å²) >= 11 is 0. The Kier molecular flexibility index (Phi) is 5.13. The molecule has 0 fully saturated rings. The van der Waals surface area contributed by atoms with Crippen LogP contribution < -0.4 is 5.32 Å². The molecule has 0 saturated carbocycles. The molecule has 0 aromatic heterocycles. The van der Waals surface area contributed by atoms with Crippen molar-refractivity contribution in [2.24, 2.45) is 0 Å². The van der Waals surface area contributed by atoms with E-state index in [4.69, 9.17) is 0 Å². The molecule has 2 nitrogen and oxygen atoms in total. The van der Waals surface area contributed by atoms with Crippen molar-refractivity contribution in [1.29, 1.82) is 0 Å². The topological polar surface area (TPSA) is 15.3 Å². The Morgan fingerprint density at radius 3 is 2.11 bits per heavy atom. The quantitative estimate of drug-likeness (QED) is 0.852. The van der Waals surface area contributed by atoms with Gasteiger partial charge in [0.15, 0.2) is 0 Å². The molecule has 100 valence electrons. The van der Waals surface area contributed by atoms with E-state index in [9.17, 15) is 0 Å². The predicted molar refractivity (Wildman–Crippen MR) is 81.0 cm³/mol. The molecule has 1 unspecified atom stereocenters. The van der Waals surface area contributed by atoms with E-state index < -0.39 is 0 Å². The zero-order valence-electron chi connectivity index (χ0n) is 11.7. The monoisotopic (exact) mass is 254 g/mol. The highest BCUT2D eigenvalue weighted by Gasteiger charge is 2.11. The van der Waals surface area contributed by atoms with Crippen LogP contribution in [0.4, 0.5) is 0 Å². The van der Waals surface area contributed by atoms with E-state index >= 15 is 0 Å². The molecular formula is C17H22N2. The highest BCUT2D eigenvalue weighted by molar-refractivity contribution is 5.19. The van der Waals surface area contributed by atoms with Gasteiger partial charge in [-0.1, -0.05) is 60.7 Å². The molecule has 1 atom stereocenters. The van der Waals surface area contributed by atoms with E-state index in [-0.39, 0.29) is 0 Å². The predicted octanol–water partition coefficient (Wildman–Crippen LogP) is 3.08. The van der Waals surface area contributed by atoms with E-state index in [0.29, 0.717) is 6.04 Å². The summed E-state index contributed by atoms with van der Waals surface area (Å²) in [6, 6.07) is 21.6. The summed E-state index contributed by atoms with van der Waals surface area (Å²) < 4.78 is 0. The molecule has 19 heavy (non-hydrogen) atoms. The Balaban J connectivity index is 1.95. The first-order valence-electron chi connectivity index (χ1n) is 6.74. The molecule has 0 aliphatic rings. The van der Waals surface area contributed by atoms with E-state index in [0.717, 1.165) is 13.1 Å². The second-order valence-corrected chi connectivity index (χ2v) is 4.93. The molecule has 2 rings (SSSR count). The standard InChI is InChI=1S/C17H22N2/c1-18-17(16-11-7-4-8-12-16)14-19(2)13-15-9-5-3-6-10-15/h3-12,17-18H,13-14H2,1-2H3. The lowest BCUT2D eigenvalue weighted by Crippen LogP contribution is -2.30. The maximum Gasteiger partial charge on any atom is 0.0446 e. The van der Waals surface area contributed by atoms with E-state index in [1.165, 1.54) is 11.1 Å². The molecule has 0 saturated heterocycles. The Morgan fingerprint density at radius 2 is 1.53 bits per heavy atom. The first kappa shape index (κ1) is 13.8. The van der Waals surface area contributed by atoms with Crippen molar-refractivity contribution in [3.05, 3.63) is 71.8 Å². The van der Waals surface area contributed by atoms with Crippen molar-refractivity contribution in [3.63, 3.8) is 0 Å². The van der Waals surface area contributed by atoms with Crippen LogP contribution >= 0.6 is 0 Å². The number of nitrogens with one attached hydrogen (secondary N) is 1. The zero-order chi connectivity index (χ0) is 13.5. The van der Waals surface area contributed by atoms with Gasteiger partial charge in [-0.15, -0.1) is 0 Å². The average Bonchev–Trinajstić information content (AvgIpc) is 2.47. The Hall–Kier alpha value is -1.64. The van der Waals surface area contributed by atoms with Crippen LogP contribution in [-0.4, -0.2) is 25.5 Å². The van der Waals surface area contributed by atoms with Gasteiger partial charge in [-0.2, -0.15) is 0 Å². The van der Waals surface area contributed by atoms with E-state index in [2.05, 4.69) is 77.9 Å². The molecule has 0 spiro atoms. The Labute approximate surface area is 116 Å². The van der Waals surface area contributed by atoms with Crippen LogP contribution in [0, 0.1) is 0 Å². The van der Waals surface area contributed by atoms with Crippen molar-refractivity contribution in [2.45, 2.75) is 12.6 Å². The number of benzene rings is 2. The van der Waals surface area contributed by atoms with Gasteiger partial charge in [0.1, 0.15) is 0 Å². The summed E-state index contributed by atoms with van der Waals surface area (Å²) in [5.74, 6) is 0. The van der Waals surface area contributed by atoms with Crippen molar-refractivity contribution >= 4 is 0 Å². The highest BCUT2D eigenvalue weighted by atomic mass is 15.1. The molecule has 1 N–H and O–H groups in total. The fraction of sp³-hybridized carbons (Fsp3) is 0.294. The van der Waals surface area contributed by atoms with E-state index in [1.807, 2.05) is 7.05 Å². The number of rotatable bonds is 6. The van der Waals surface area contributed by atoms with Crippen LogP contribution in [0.25, 0.3) is 0 Å². The molecule has 0 heterocycles. The summed E-state index contributed by atoms with van der Waals surface area (Å²) in [4.78, 5) is 2.35. The second-order valence-electron chi connectivity index (χ2n) is 4.93. The fourth-order valence-electron chi connectivity index (χ4n) is 2.32. The first-order valence-corrected chi connectivity index (χ1v) is 6.74. The first-order chi connectivity index (χ1) is 9.29. The number of likely N-dealkylation sites (N-methyl/N-ethyl adjacent to an activating group) is 2. The minimum Gasteiger partial charge on any atom is -0.312 e. The summed E-state index contributed by atoms with van der Waals surface area (Å²) in [7, 11) is 4.19. The molecule has 0 radical (unpaired) electrons. The zero-order valence-corrected chi connectivity index (χ0v) is 11.7. The van der Waals surface area contributed by atoms with E-state index in [1.54, 1.807) is 0 Å². The third-order valence-corrected chi connectivity index (χ3v) is 3.34. The smallest absolute Gasteiger partial charge is 0.0446 e. The van der Waals surface area contributed by atoms with Gasteiger partial charge in [-0.05, 0) is 25.2 Å². The molecule has 0 bridgehead atoms. The summed E-state index contributed by atoms with van der Waals surface area (Å²) in [6.45, 7) is 1.97. The van der Waals surface area contributed by atoms with Crippen molar-refractivity contribution < 1.29 is 0 Å². The lowest BCUT2D eigenvalue weighted by molar-refractivity contribution is 0.289. The van der Waals surface area contributed by atoms with Gasteiger partial charge in [-0.25, -0.2) is 0 Å². The van der Waals surface area contributed by atoms with Gasteiger partial charge in [-0.3, -0.25) is 0 Å². The lowest BCUT2D eigenvalue weighted by Gasteiger charge is -2.24. The van der Waals surface area contributed by atoms with Crippen LogP contribution in [0.15, 0.2) is 60.7 Å². The largest absolute Gasteiger partial charge is 0.312 e. The molecular weight excluding hydrogens is 232 g/mol.